The second-order valence-corrected chi connectivity index (χ2v) is 4.63. The van der Waals surface area contributed by atoms with Crippen molar-refractivity contribution in [2.45, 2.75) is 20.3 Å². The number of fused-ring (bicyclic) bond motifs is 1. The van der Waals surface area contributed by atoms with E-state index in [4.69, 9.17) is 4.42 Å². The third-order valence-electron chi connectivity index (χ3n) is 3.16. The number of nitrogens with zero attached hydrogens (tertiary/aromatic N) is 1. The van der Waals surface area contributed by atoms with E-state index in [1.807, 2.05) is 26.1 Å². The van der Waals surface area contributed by atoms with Gasteiger partial charge < -0.3 is 15.1 Å². The first-order valence-electron chi connectivity index (χ1n) is 6.48. The predicted octanol–water partition coefficient (Wildman–Crippen LogP) is 2.79. The van der Waals surface area contributed by atoms with E-state index in [0.717, 1.165) is 36.3 Å². The van der Waals surface area contributed by atoms with Gasteiger partial charge in [-0.3, -0.25) is 0 Å². The van der Waals surface area contributed by atoms with Crippen LogP contribution in [0.1, 0.15) is 19.2 Å². The molecule has 1 aromatic heterocycles. The van der Waals surface area contributed by atoms with E-state index in [9.17, 15) is 0 Å². The lowest BCUT2D eigenvalue weighted by Gasteiger charge is -2.15. The van der Waals surface area contributed by atoms with Gasteiger partial charge in [0.1, 0.15) is 5.52 Å². The first-order chi connectivity index (χ1) is 8.72. The Bertz CT molecular complexity index is 507. The lowest BCUT2D eigenvalue weighted by molar-refractivity contribution is 0.506. The highest BCUT2D eigenvalue weighted by Crippen LogP contribution is 2.20. The summed E-state index contributed by atoms with van der Waals surface area (Å²) in [6, 6.07) is 6.06. The molecule has 2 rings (SSSR count). The Labute approximate surface area is 108 Å². The second-order valence-electron chi connectivity index (χ2n) is 4.63. The lowest BCUT2D eigenvalue weighted by Crippen LogP contribution is -2.24. The standard InChI is InChI=1S/C14H21N3O/c1-4-11(8-15-3)9-16-12-5-6-13-14(7-12)18-10(2)17-13/h5-7,11,15-16H,4,8-9H2,1-3H3. The van der Waals surface area contributed by atoms with Crippen molar-refractivity contribution in [3.63, 3.8) is 0 Å². The van der Waals surface area contributed by atoms with Crippen molar-refractivity contribution in [3.8, 4) is 0 Å². The van der Waals surface area contributed by atoms with Crippen LogP contribution in [0.4, 0.5) is 5.69 Å². The van der Waals surface area contributed by atoms with Crippen LogP contribution in [0.2, 0.25) is 0 Å². The Morgan fingerprint density at radius 2 is 2.17 bits per heavy atom. The van der Waals surface area contributed by atoms with Crippen molar-refractivity contribution in [2.24, 2.45) is 5.92 Å². The van der Waals surface area contributed by atoms with Gasteiger partial charge in [-0.1, -0.05) is 13.3 Å². The summed E-state index contributed by atoms with van der Waals surface area (Å²) in [7, 11) is 1.99. The molecule has 0 aliphatic heterocycles. The highest BCUT2D eigenvalue weighted by atomic mass is 16.3. The molecule has 98 valence electrons. The first kappa shape index (κ1) is 12.9. The SMILES string of the molecule is CCC(CNC)CNc1ccc2nc(C)oc2c1. The van der Waals surface area contributed by atoms with Crippen LogP contribution in [-0.4, -0.2) is 25.1 Å². The molecule has 0 saturated carbocycles. The summed E-state index contributed by atoms with van der Waals surface area (Å²) < 4.78 is 5.53. The Hall–Kier alpha value is -1.55. The van der Waals surface area contributed by atoms with Gasteiger partial charge in [0.2, 0.25) is 0 Å². The van der Waals surface area contributed by atoms with Gasteiger partial charge in [-0.15, -0.1) is 0 Å². The lowest BCUT2D eigenvalue weighted by atomic mass is 10.1. The molecule has 1 unspecified atom stereocenters. The average Bonchev–Trinajstić information content (AvgIpc) is 2.73. The molecule has 0 fully saturated rings. The average molecular weight is 247 g/mol. The van der Waals surface area contributed by atoms with Crippen LogP contribution in [0.25, 0.3) is 11.1 Å². The molecule has 4 nitrogen and oxygen atoms in total. The molecule has 0 amide bonds. The van der Waals surface area contributed by atoms with Crippen LogP contribution in [0, 0.1) is 12.8 Å². The maximum absolute atomic E-state index is 5.53. The summed E-state index contributed by atoms with van der Waals surface area (Å²) in [6.45, 7) is 6.09. The van der Waals surface area contributed by atoms with Gasteiger partial charge in [0.15, 0.2) is 11.5 Å². The molecule has 2 N–H and O–H groups in total. The molecule has 0 saturated heterocycles. The summed E-state index contributed by atoms with van der Waals surface area (Å²) in [5.74, 6) is 1.35. The van der Waals surface area contributed by atoms with Crippen molar-refractivity contribution >= 4 is 16.8 Å². The molecular formula is C14H21N3O. The molecule has 0 aliphatic carbocycles. The summed E-state index contributed by atoms with van der Waals surface area (Å²) in [4.78, 5) is 4.29. The minimum Gasteiger partial charge on any atom is -0.441 e. The fourth-order valence-corrected chi connectivity index (χ4v) is 2.06. The molecule has 18 heavy (non-hydrogen) atoms. The molecule has 0 radical (unpaired) electrons. The minimum atomic E-state index is 0.641. The zero-order valence-corrected chi connectivity index (χ0v) is 11.3. The molecule has 2 aromatic rings. The topological polar surface area (TPSA) is 50.1 Å². The minimum absolute atomic E-state index is 0.641. The van der Waals surface area contributed by atoms with E-state index >= 15 is 0 Å². The van der Waals surface area contributed by atoms with E-state index < -0.39 is 0 Å². The first-order valence-corrected chi connectivity index (χ1v) is 6.48. The number of benzene rings is 1. The number of anilines is 1. The molecule has 0 bridgehead atoms. The van der Waals surface area contributed by atoms with Gasteiger partial charge in [-0.25, -0.2) is 4.98 Å². The monoisotopic (exact) mass is 247 g/mol. The van der Waals surface area contributed by atoms with Crippen molar-refractivity contribution in [2.75, 3.05) is 25.5 Å². The highest BCUT2D eigenvalue weighted by Gasteiger charge is 2.06. The van der Waals surface area contributed by atoms with Gasteiger partial charge in [0.05, 0.1) is 0 Å². The Balaban J connectivity index is 2.02. The van der Waals surface area contributed by atoms with Gasteiger partial charge in [0, 0.05) is 25.2 Å². The zero-order chi connectivity index (χ0) is 13.0. The fourth-order valence-electron chi connectivity index (χ4n) is 2.06. The number of hydrogen-bond acceptors (Lipinski definition) is 4. The second kappa shape index (κ2) is 5.87. The number of aryl methyl sites for hydroxylation is 1. The number of hydrogen-bond donors (Lipinski definition) is 2. The number of nitrogens with one attached hydrogen (secondary N) is 2. The quantitative estimate of drug-likeness (QED) is 0.824. The molecule has 4 heteroatoms. The van der Waals surface area contributed by atoms with Crippen molar-refractivity contribution in [1.29, 1.82) is 0 Å². The molecular weight excluding hydrogens is 226 g/mol. The van der Waals surface area contributed by atoms with Crippen LogP contribution < -0.4 is 10.6 Å². The van der Waals surface area contributed by atoms with E-state index in [0.29, 0.717) is 11.8 Å². The number of aromatic nitrogens is 1. The van der Waals surface area contributed by atoms with Gasteiger partial charge in [-0.05, 0) is 31.6 Å². The summed E-state index contributed by atoms with van der Waals surface area (Å²) in [5, 5.41) is 6.67. The molecule has 0 aliphatic rings. The van der Waals surface area contributed by atoms with Crippen molar-refractivity contribution < 1.29 is 4.42 Å². The largest absolute Gasteiger partial charge is 0.441 e. The van der Waals surface area contributed by atoms with E-state index in [1.54, 1.807) is 0 Å². The molecule has 1 heterocycles. The van der Waals surface area contributed by atoms with Crippen LogP contribution in [-0.2, 0) is 0 Å². The molecule has 1 aromatic carbocycles. The molecule has 0 spiro atoms. The highest BCUT2D eigenvalue weighted by molar-refractivity contribution is 5.77. The number of oxazole rings is 1. The fraction of sp³-hybridized carbons (Fsp3) is 0.500. The Kier molecular flexibility index (Phi) is 4.20. The Morgan fingerprint density at radius 1 is 1.33 bits per heavy atom. The van der Waals surface area contributed by atoms with Crippen LogP contribution in [0.3, 0.4) is 0 Å². The van der Waals surface area contributed by atoms with E-state index in [1.165, 1.54) is 0 Å². The summed E-state index contributed by atoms with van der Waals surface area (Å²) in [6.07, 6.45) is 1.16. The summed E-state index contributed by atoms with van der Waals surface area (Å²) in [5.41, 5.74) is 2.85. The van der Waals surface area contributed by atoms with Crippen LogP contribution in [0.15, 0.2) is 22.6 Å². The zero-order valence-electron chi connectivity index (χ0n) is 11.3. The Morgan fingerprint density at radius 3 is 2.89 bits per heavy atom. The van der Waals surface area contributed by atoms with Crippen molar-refractivity contribution in [1.82, 2.24) is 10.3 Å². The van der Waals surface area contributed by atoms with E-state index in [-0.39, 0.29) is 0 Å². The predicted molar refractivity (Wildman–Crippen MR) is 74.9 cm³/mol. The van der Waals surface area contributed by atoms with Gasteiger partial charge in [-0.2, -0.15) is 0 Å². The molecule has 1 atom stereocenters. The van der Waals surface area contributed by atoms with Crippen LogP contribution in [0.5, 0.6) is 0 Å². The normalized spacial score (nSPS) is 12.8. The summed E-state index contributed by atoms with van der Waals surface area (Å²) >= 11 is 0. The smallest absolute Gasteiger partial charge is 0.192 e. The maximum Gasteiger partial charge on any atom is 0.192 e. The number of rotatable bonds is 6. The maximum atomic E-state index is 5.53. The third-order valence-corrected chi connectivity index (χ3v) is 3.16. The third kappa shape index (κ3) is 3.01. The van der Waals surface area contributed by atoms with Gasteiger partial charge >= 0.3 is 0 Å². The van der Waals surface area contributed by atoms with Gasteiger partial charge in [0.25, 0.3) is 0 Å². The van der Waals surface area contributed by atoms with Crippen LogP contribution >= 0.6 is 0 Å². The van der Waals surface area contributed by atoms with Crippen molar-refractivity contribution in [3.05, 3.63) is 24.1 Å². The van der Waals surface area contributed by atoms with E-state index in [2.05, 4.69) is 28.6 Å².